The molecule has 2 aromatic rings. The Morgan fingerprint density at radius 1 is 0.967 bits per heavy atom. The summed E-state index contributed by atoms with van der Waals surface area (Å²) >= 11 is 3.43. The van der Waals surface area contributed by atoms with Gasteiger partial charge < -0.3 is 19.9 Å². The van der Waals surface area contributed by atoms with E-state index in [9.17, 15) is 9.90 Å². The molecule has 5 nitrogen and oxygen atoms in total. The van der Waals surface area contributed by atoms with Crippen LogP contribution in [0.2, 0.25) is 0 Å². The Morgan fingerprint density at radius 2 is 1.47 bits per heavy atom. The van der Waals surface area contributed by atoms with E-state index < -0.39 is 12.0 Å². The Labute approximate surface area is 187 Å². The maximum absolute atomic E-state index is 11.7. The number of thioether (sulfide) groups is 2. The van der Waals surface area contributed by atoms with E-state index in [0.717, 1.165) is 28.6 Å². The predicted octanol–water partition coefficient (Wildman–Crippen LogP) is 4.69. The average Bonchev–Trinajstić information content (AvgIpc) is 2.75. The summed E-state index contributed by atoms with van der Waals surface area (Å²) in [5, 5.41) is 12.8. The second kappa shape index (κ2) is 12.1. The van der Waals surface area contributed by atoms with Crippen LogP contribution < -0.4 is 14.8 Å². The summed E-state index contributed by atoms with van der Waals surface area (Å²) in [5.41, 5.74) is 2.37. The topological polar surface area (TPSA) is 67.8 Å². The molecule has 7 heteroatoms. The molecule has 0 fully saturated rings. The molecule has 0 heterocycles. The normalized spacial score (nSPS) is 12.4. The van der Waals surface area contributed by atoms with Crippen LogP contribution in [-0.4, -0.2) is 48.4 Å². The third-order valence-electron chi connectivity index (χ3n) is 4.57. The molecule has 2 rings (SSSR count). The maximum atomic E-state index is 11.7. The minimum Gasteiger partial charge on any atom is -0.497 e. The molecule has 0 saturated carbocycles. The fraction of sp³-hybridized carbons (Fsp3) is 0.435. The zero-order valence-electron chi connectivity index (χ0n) is 18.0. The van der Waals surface area contributed by atoms with Crippen LogP contribution in [0.1, 0.15) is 25.0 Å². The highest BCUT2D eigenvalue weighted by molar-refractivity contribution is 7.99. The van der Waals surface area contributed by atoms with Crippen molar-refractivity contribution in [3.8, 4) is 11.5 Å². The third kappa shape index (κ3) is 8.50. The van der Waals surface area contributed by atoms with Crippen LogP contribution >= 0.6 is 23.5 Å². The van der Waals surface area contributed by atoms with Crippen molar-refractivity contribution in [1.82, 2.24) is 5.32 Å². The van der Waals surface area contributed by atoms with Gasteiger partial charge in [0.15, 0.2) is 0 Å². The largest absolute Gasteiger partial charge is 0.497 e. The van der Waals surface area contributed by atoms with Gasteiger partial charge in [-0.25, -0.2) is 0 Å². The van der Waals surface area contributed by atoms with E-state index >= 15 is 0 Å². The number of carbonyl (C=O) groups is 1. The van der Waals surface area contributed by atoms with Gasteiger partial charge in [0, 0.05) is 28.6 Å². The first-order valence-electron chi connectivity index (χ1n) is 9.77. The van der Waals surface area contributed by atoms with Gasteiger partial charge in [0.25, 0.3) is 0 Å². The van der Waals surface area contributed by atoms with Gasteiger partial charge in [-0.1, -0.05) is 24.3 Å². The molecule has 0 aliphatic carbocycles. The van der Waals surface area contributed by atoms with Crippen molar-refractivity contribution in [3.63, 3.8) is 0 Å². The molecule has 0 aromatic heterocycles. The Morgan fingerprint density at radius 3 is 1.93 bits per heavy atom. The van der Waals surface area contributed by atoms with E-state index in [1.165, 1.54) is 5.56 Å². The zero-order valence-corrected chi connectivity index (χ0v) is 19.6. The smallest absolute Gasteiger partial charge is 0.321 e. The molecule has 0 aliphatic rings. The second-order valence-corrected chi connectivity index (χ2v) is 10.2. The molecule has 0 radical (unpaired) electrons. The number of hydrogen-bond donors (Lipinski definition) is 2. The average molecular weight is 450 g/mol. The number of carboxylic acid groups (broad SMARTS) is 1. The van der Waals surface area contributed by atoms with Crippen LogP contribution in [0, 0.1) is 0 Å². The SMILES string of the molecule is COc1ccc(CSC[C@H](NCC(C)(C)SCc2ccc(OC)cc2)C(=O)O)cc1. The molecular weight excluding hydrogens is 418 g/mol. The van der Waals surface area contributed by atoms with E-state index in [1.807, 2.05) is 48.2 Å². The highest BCUT2D eigenvalue weighted by Gasteiger charge is 2.23. The van der Waals surface area contributed by atoms with Gasteiger partial charge in [-0.15, -0.1) is 11.8 Å². The molecular formula is C23H31NO4S2. The Bertz CT molecular complexity index is 779. The van der Waals surface area contributed by atoms with Crippen molar-refractivity contribution in [2.75, 3.05) is 26.5 Å². The van der Waals surface area contributed by atoms with Crippen molar-refractivity contribution >= 4 is 29.5 Å². The van der Waals surface area contributed by atoms with Crippen LogP contribution in [0.3, 0.4) is 0 Å². The predicted molar refractivity (Wildman–Crippen MR) is 127 cm³/mol. The first kappa shape index (κ1) is 24.4. The lowest BCUT2D eigenvalue weighted by Gasteiger charge is -2.27. The van der Waals surface area contributed by atoms with Crippen molar-refractivity contribution in [3.05, 3.63) is 59.7 Å². The van der Waals surface area contributed by atoms with Crippen LogP contribution in [0.4, 0.5) is 0 Å². The standard InChI is InChI=1S/C23H31NO4S2/c1-23(2,30-14-18-7-11-20(28-4)12-8-18)16-24-21(22(25)26)15-29-13-17-5-9-19(27-3)10-6-17/h5-12,21,24H,13-16H2,1-4H3,(H,25,26)/t21-/m0/s1. The van der Waals surface area contributed by atoms with Crippen molar-refractivity contribution in [1.29, 1.82) is 0 Å². The highest BCUT2D eigenvalue weighted by Crippen LogP contribution is 2.28. The minimum atomic E-state index is -0.812. The van der Waals surface area contributed by atoms with Crippen molar-refractivity contribution < 1.29 is 19.4 Å². The summed E-state index contributed by atoms with van der Waals surface area (Å²) in [5.74, 6) is 3.01. The molecule has 0 amide bonds. The summed E-state index contributed by atoms with van der Waals surface area (Å²) in [6.45, 7) is 4.89. The second-order valence-electron chi connectivity index (χ2n) is 7.53. The van der Waals surface area contributed by atoms with Crippen LogP contribution in [-0.2, 0) is 16.3 Å². The zero-order chi connectivity index (χ0) is 22.0. The molecule has 164 valence electrons. The lowest BCUT2D eigenvalue weighted by Crippen LogP contribution is -2.44. The Balaban J connectivity index is 1.77. The first-order valence-corrected chi connectivity index (χ1v) is 11.9. The molecule has 30 heavy (non-hydrogen) atoms. The van der Waals surface area contributed by atoms with E-state index in [2.05, 4.69) is 31.3 Å². The van der Waals surface area contributed by atoms with E-state index in [-0.39, 0.29) is 4.75 Å². The summed E-state index contributed by atoms with van der Waals surface area (Å²) in [6.07, 6.45) is 0. The van der Waals surface area contributed by atoms with Crippen LogP contribution in [0.5, 0.6) is 11.5 Å². The van der Waals surface area contributed by atoms with Gasteiger partial charge >= 0.3 is 5.97 Å². The van der Waals surface area contributed by atoms with E-state index in [4.69, 9.17) is 9.47 Å². The number of ether oxygens (including phenoxy) is 2. The fourth-order valence-electron chi connectivity index (χ4n) is 2.65. The van der Waals surface area contributed by atoms with Crippen LogP contribution in [0.15, 0.2) is 48.5 Å². The summed E-state index contributed by atoms with van der Waals surface area (Å²) < 4.78 is 10.3. The Hall–Kier alpha value is -1.83. The molecule has 2 N–H and O–H groups in total. The monoisotopic (exact) mass is 449 g/mol. The maximum Gasteiger partial charge on any atom is 0.321 e. The summed E-state index contributed by atoms with van der Waals surface area (Å²) in [7, 11) is 3.30. The molecule has 0 bridgehead atoms. The number of hydrogen-bond acceptors (Lipinski definition) is 6. The van der Waals surface area contributed by atoms with Gasteiger partial charge in [-0.05, 0) is 49.2 Å². The van der Waals surface area contributed by atoms with Crippen molar-refractivity contribution in [2.24, 2.45) is 0 Å². The van der Waals surface area contributed by atoms with Crippen molar-refractivity contribution in [2.45, 2.75) is 36.1 Å². The number of rotatable bonds is 13. The number of benzene rings is 2. The minimum absolute atomic E-state index is 0.0890. The number of carboxylic acids is 1. The fourth-order valence-corrected chi connectivity index (χ4v) is 4.63. The Kier molecular flexibility index (Phi) is 9.88. The lowest BCUT2D eigenvalue weighted by molar-refractivity contribution is -0.138. The van der Waals surface area contributed by atoms with Gasteiger partial charge in [0.2, 0.25) is 0 Å². The summed E-state index contributed by atoms with van der Waals surface area (Å²) in [6, 6.07) is 15.3. The van der Waals surface area contributed by atoms with Gasteiger partial charge in [0.05, 0.1) is 14.2 Å². The summed E-state index contributed by atoms with van der Waals surface area (Å²) in [4.78, 5) is 11.7. The molecule has 1 atom stereocenters. The molecule has 0 saturated heterocycles. The molecule has 0 spiro atoms. The first-order chi connectivity index (χ1) is 14.3. The quantitative estimate of drug-likeness (QED) is 0.460. The third-order valence-corrected chi connectivity index (χ3v) is 7.08. The van der Waals surface area contributed by atoms with Gasteiger partial charge in [0.1, 0.15) is 17.5 Å². The van der Waals surface area contributed by atoms with Crippen LogP contribution in [0.25, 0.3) is 0 Å². The number of aliphatic carboxylic acids is 1. The lowest BCUT2D eigenvalue weighted by atomic mass is 10.2. The number of nitrogens with one attached hydrogen (secondary N) is 1. The van der Waals surface area contributed by atoms with Gasteiger partial charge in [-0.3, -0.25) is 4.79 Å². The van der Waals surface area contributed by atoms with E-state index in [0.29, 0.717) is 12.3 Å². The van der Waals surface area contributed by atoms with E-state index in [1.54, 1.807) is 26.0 Å². The van der Waals surface area contributed by atoms with Gasteiger partial charge in [-0.2, -0.15) is 11.8 Å². The number of methoxy groups -OCH3 is 2. The molecule has 2 aromatic carbocycles. The highest BCUT2D eigenvalue weighted by atomic mass is 32.2. The molecule has 0 aliphatic heterocycles. The molecule has 0 unspecified atom stereocenters.